The minimum absolute atomic E-state index is 0.0403. The van der Waals surface area contributed by atoms with Crippen molar-refractivity contribution in [2.45, 2.75) is 11.3 Å². The van der Waals surface area contributed by atoms with E-state index in [1.54, 1.807) is 7.11 Å². The molecule has 11 heteroatoms. The van der Waals surface area contributed by atoms with Gasteiger partial charge in [-0.3, -0.25) is 14.3 Å². The van der Waals surface area contributed by atoms with Gasteiger partial charge in [0.25, 0.3) is 15.9 Å². The molecular formula is C20H23ClFN3O5S. The van der Waals surface area contributed by atoms with Crippen molar-refractivity contribution in [2.75, 3.05) is 38.6 Å². The lowest BCUT2D eigenvalue weighted by molar-refractivity contribution is -0.121. The molecule has 2 amide bonds. The molecule has 2 N–H and O–H groups in total. The van der Waals surface area contributed by atoms with Crippen molar-refractivity contribution < 1.29 is 27.1 Å². The van der Waals surface area contributed by atoms with E-state index in [4.69, 9.17) is 16.3 Å². The number of hydrogen-bond donors (Lipinski definition) is 2. The van der Waals surface area contributed by atoms with Crippen LogP contribution in [0.5, 0.6) is 0 Å². The maximum atomic E-state index is 13.0. The zero-order chi connectivity index (χ0) is 23.0. The van der Waals surface area contributed by atoms with Gasteiger partial charge in [-0.05, 0) is 48.9 Å². The number of likely N-dealkylation sites (N-methyl/N-ethyl adjacent to an activating group) is 1. The molecule has 0 fully saturated rings. The average molecular weight is 472 g/mol. The van der Waals surface area contributed by atoms with Gasteiger partial charge in [0.05, 0.1) is 11.6 Å². The molecule has 2 aromatic rings. The Morgan fingerprint density at radius 1 is 1.16 bits per heavy atom. The summed E-state index contributed by atoms with van der Waals surface area (Å²) in [5, 5.41) is 2.57. The van der Waals surface area contributed by atoms with Crippen molar-refractivity contribution in [2.24, 2.45) is 0 Å². The van der Waals surface area contributed by atoms with E-state index in [1.807, 2.05) is 0 Å². The van der Waals surface area contributed by atoms with Crippen molar-refractivity contribution in [1.29, 1.82) is 0 Å². The zero-order valence-electron chi connectivity index (χ0n) is 17.0. The van der Waals surface area contributed by atoms with Gasteiger partial charge >= 0.3 is 0 Å². The SMILES string of the molecule is COCCCNC(=O)CN(C)C(=O)c1ccc(Cl)c(S(=O)(=O)Nc2ccc(F)cc2)c1. The van der Waals surface area contributed by atoms with Crippen LogP contribution in [0.1, 0.15) is 16.8 Å². The average Bonchev–Trinajstić information content (AvgIpc) is 2.72. The van der Waals surface area contributed by atoms with Crippen LogP contribution in [0.15, 0.2) is 47.4 Å². The van der Waals surface area contributed by atoms with E-state index >= 15 is 0 Å². The summed E-state index contributed by atoms with van der Waals surface area (Å²) in [5.74, 6) is -1.42. The van der Waals surface area contributed by atoms with Crippen LogP contribution < -0.4 is 10.0 Å². The maximum absolute atomic E-state index is 13.0. The summed E-state index contributed by atoms with van der Waals surface area (Å²) in [5.41, 5.74) is 0.176. The van der Waals surface area contributed by atoms with Crippen LogP contribution in [0.4, 0.5) is 10.1 Å². The molecule has 0 aliphatic rings. The van der Waals surface area contributed by atoms with E-state index in [0.29, 0.717) is 19.6 Å². The standard InChI is InChI=1S/C20H23ClFN3O5S/c1-25(13-19(26)23-10-3-11-30-2)20(27)14-4-9-17(21)18(12-14)31(28,29)24-16-7-5-15(22)6-8-16/h4-9,12,24H,3,10-11,13H2,1-2H3,(H,23,26). The van der Waals surface area contributed by atoms with Gasteiger partial charge in [-0.15, -0.1) is 0 Å². The normalized spacial score (nSPS) is 11.1. The van der Waals surface area contributed by atoms with Gasteiger partial charge in [-0.1, -0.05) is 11.6 Å². The largest absolute Gasteiger partial charge is 0.385 e. The molecule has 31 heavy (non-hydrogen) atoms. The Kier molecular flexibility index (Phi) is 8.78. The van der Waals surface area contributed by atoms with Gasteiger partial charge in [0.1, 0.15) is 10.7 Å². The molecular weight excluding hydrogens is 449 g/mol. The van der Waals surface area contributed by atoms with E-state index in [1.165, 1.54) is 36.2 Å². The number of halogens is 2. The molecule has 0 saturated carbocycles. The third-order valence-corrected chi connectivity index (χ3v) is 6.00. The summed E-state index contributed by atoms with van der Waals surface area (Å²) in [6.07, 6.45) is 0.638. The van der Waals surface area contributed by atoms with Crippen LogP contribution in [0, 0.1) is 5.82 Å². The van der Waals surface area contributed by atoms with Gasteiger partial charge < -0.3 is 15.0 Å². The number of hydrogen-bond acceptors (Lipinski definition) is 5. The molecule has 8 nitrogen and oxygen atoms in total. The summed E-state index contributed by atoms with van der Waals surface area (Å²) in [4.78, 5) is 25.5. The number of carbonyl (C=O) groups excluding carboxylic acids is 2. The van der Waals surface area contributed by atoms with Gasteiger partial charge in [-0.2, -0.15) is 0 Å². The number of ether oxygens (including phenoxy) is 1. The van der Waals surface area contributed by atoms with Gasteiger partial charge in [0.15, 0.2) is 0 Å². The number of anilines is 1. The number of methoxy groups -OCH3 is 1. The first-order valence-corrected chi connectivity index (χ1v) is 11.1. The molecule has 0 unspecified atom stereocenters. The number of carbonyl (C=O) groups is 2. The molecule has 0 spiro atoms. The van der Waals surface area contributed by atoms with E-state index in [9.17, 15) is 22.4 Å². The second kappa shape index (κ2) is 11.1. The number of benzene rings is 2. The van der Waals surface area contributed by atoms with Crippen molar-refractivity contribution in [3.63, 3.8) is 0 Å². The van der Waals surface area contributed by atoms with Crippen LogP contribution in [0.25, 0.3) is 0 Å². The number of sulfonamides is 1. The van der Waals surface area contributed by atoms with Crippen molar-refractivity contribution >= 4 is 39.1 Å². The first kappa shape index (κ1) is 24.6. The molecule has 0 aliphatic carbocycles. The fraction of sp³-hybridized carbons (Fsp3) is 0.300. The molecule has 0 aliphatic heterocycles. The third kappa shape index (κ3) is 7.20. The highest BCUT2D eigenvalue weighted by Crippen LogP contribution is 2.25. The van der Waals surface area contributed by atoms with Gasteiger partial charge in [-0.25, -0.2) is 12.8 Å². The lowest BCUT2D eigenvalue weighted by Crippen LogP contribution is -2.38. The minimum atomic E-state index is -4.15. The lowest BCUT2D eigenvalue weighted by Gasteiger charge is -2.18. The first-order chi connectivity index (χ1) is 14.6. The van der Waals surface area contributed by atoms with Crippen molar-refractivity contribution in [3.8, 4) is 0 Å². The highest BCUT2D eigenvalue weighted by Gasteiger charge is 2.22. The number of nitrogens with one attached hydrogen (secondary N) is 2. The predicted octanol–water partition coefficient (Wildman–Crippen LogP) is 2.50. The van der Waals surface area contributed by atoms with Crippen LogP contribution in [0.3, 0.4) is 0 Å². The summed E-state index contributed by atoms with van der Waals surface area (Å²) in [7, 11) is -1.16. The Morgan fingerprint density at radius 3 is 2.48 bits per heavy atom. The Labute approximate surface area is 185 Å². The Hall–Kier alpha value is -2.69. The summed E-state index contributed by atoms with van der Waals surface area (Å²) < 4.78 is 45.6. The summed E-state index contributed by atoms with van der Waals surface area (Å²) in [6.45, 7) is 0.709. The second-order valence-electron chi connectivity index (χ2n) is 6.62. The van der Waals surface area contributed by atoms with Crippen LogP contribution >= 0.6 is 11.6 Å². The molecule has 0 radical (unpaired) electrons. The monoisotopic (exact) mass is 471 g/mol. The molecule has 2 aromatic carbocycles. The molecule has 2 rings (SSSR count). The fourth-order valence-electron chi connectivity index (χ4n) is 2.58. The minimum Gasteiger partial charge on any atom is -0.385 e. The van der Waals surface area contributed by atoms with E-state index in [2.05, 4.69) is 10.0 Å². The predicted molar refractivity (Wildman–Crippen MR) is 115 cm³/mol. The fourth-order valence-corrected chi connectivity index (χ4v) is 4.16. The number of rotatable bonds is 10. The number of nitrogens with zero attached hydrogens (tertiary/aromatic N) is 1. The molecule has 0 atom stereocenters. The van der Waals surface area contributed by atoms with Gasteiger partial charge in [0, 0.05) is 38.6 Å². The van der Waals surface area contributed by atoms with E-state index in [-0.39, 0.29) is 33.6 Å². The smallest absolute Gasteiger partial charge is 0.263 e. The summed E-state index contributed by atoms with van der Waals surface area (Å²) >= 11 is 6.05. The zero-order valence-corrected chi connectivity index (χ0v) is 18.6. The van der Waals surface area contributed by atoms with Crippen LogP contribution in [-0.4, -0.2) is 59.0 Å². The quantitative estimate of drug-likeness (QED) is 0.518. The Balaban J connectivity index is 2.12. The molecule has 0 heterocycles. The van der Waals surface area contributed by atoms with Crippen LogP contribution in [0.2, 0.25) is 5.02 Å². The van der Waals surface area contributed by atoms with E-state index in [0.717, 1.165) is 18.2 Å². The Morgan fingerprint density at radius 2 is 1.84 bits per heavy atom. The van der Waals surface area contributed by atoms with Crippen molar-refractivity contribution in [1.82, 2.24) is 10.2 Å². The van der Waals surface area contributed by atoms with Crippen LogP contribution in [-0.2, 0) is 19.6 Å². The summed E-state index contributed by atoms with van der Waals surface area (Å²) in [6, 6.07) is 8.51. The molecule has 168 valence electrons. The highest BCUT2D eigenvalue weighted by molar-refractivity contribution is 7.92. The van der Waals surface area contributed by atoms with Gasteiger partial charge in [0.2, 0.25) is 5.91 Å². The topological polar surface area (TPSA) is 105 Å². The number of amides is 2. The van der Waals surface area contributed by atoms with Crippen molar-refractivity contribution in [3.05, 3.63) is 58.9 Å². The maximum Gasteiger partial charge on any atom is 0.263 e. The van der Waals surface area contributed by atoms with E-state index < -0.39 is 21.7 Å². The second-order valence-corrected chi connectivity index (χ2v) is 8.67. The molecule has 0 bridgehead atoms. The highest BCUT2D eigenvalue weighted by atomic mass is 35.5. The molecule has 0 aromatic heterocycles. The molecule has 0 saturated heterocycles. The third-order valence-electron chi connectivity index (χ3n) is 4.14. The first-order valence-electron chi connectivity index (χ1n) is 9.23. The lowest BCUT2D eigenvalue weighted by atomic mass is 10.2. The Bertz CT molecular complexity index is 1030.